The van der Waals surface area contributed by atoms with Crippen molar-refractivity contribution in [3.05, 3.63) is 53.1 Å². The van der Waals surface area contributed by atoms with Crippen molar-refractivity contribution in [1.82, 2.24) is 9.88 Å². The summed E-state index contributed by atoms with van der Waals surface area (Å²) in [6.45, 7) is 5.77. The van der Waals surface area contributed by atoms with Crippen molar-refractivity contribution < 1.29 is 9.53 Å². The van der Waals surface area contributed by atoms with Crippen molar-refractivity contribution in [3.63, 3.8) is 0 Å². The monoisotopic (exact) mass is 429 g/mol. The van der Waals surface area contributed by atoms with Gasteiger partial charge in [0.15, 0.2) is 5.13 Å². The highest BCUT2D eigenvalue weighted by molar-refractivity contribution is 7.22. The lowest BCUT2D eigenvalue weighted by Gasteiger charge is -2.34. The van der Waals surface area contributed by atoms with Crippen LogP contribution in [0.3, 0.4) is 0 Å². The number of carbonyl (C=O) groups is 1. The molecule has 0 spiro atoms. The van der Waals surface area contributed by atoms with Gasteiger partial charge in [0.25, 0.3) is 5.91 Å². The van der Waals surface area contributed by atoms with E-state index in [-0.39, 0.29) is 5.91 Å². The summed E-state index contributed by atoms with van der Waals surface area (Å²) in [5.41, 5.74) is 1.67. The third kappa shape index (κ3) is 4.65. The second-order valence-electron chi connectivity index (χ2n) is 7.11. The molecule has 7 heteroatoms. The van der Waals surface area contributed by atoms with Gasteiger partial charge in [0.05, 0.1) is 16.8 Å². The average molecular weight is 430 g/mol. The number of ether oxygens (including phenoxy) is 1. The highest BCUT2D eigenvalue weighted by Gasteiger charge is 2.24. The molecule has 1 aromatic heterocycles. The van der Waals surface area contributed by atoms with E-state index in [4.69, 9.17) is 21.3 Å². The molecule has 29 heavy (non-hydrogen) atoms. The van der Waals surface area contributed by atoms with Crippen LogP contribution in [0.4, 0.5) is 5.13 Å². The molecule has 1 amide bonds. The average Bonchev–Trinajstić information content (AvgIpc) is 3.17. The van der Waals surface area contributed by atoms with Crippen LogP contribution in [0.2, 0.25) is 5.02 Å². The van der Waals surface area contributed by atoms with Crippen LogP contribution in [0.1, 0.15) is 30.1 Å². The van der Waals surface area contributed by atoms with Crippen molar-refractivity contribution in [2.75, 3.05) is 37.7 Å². The van der Waals surface area contributed by atoms with E-state index >= 15 is 0 Å². The number of nitrogens with zero attached hydrogens (tertiary/aromatic N) is 3. The number of piperazine rings is 1. The maximum atomic E-state index is 12.8. The molecule has 0 atom stereocenters. The van der Waals surface area contributed by atoms with E-state index in [0.717, 1.165) is 52.1 Å². The van der Waals surface area contributed by atoms with Crippen molar-refractivity contribution in [1.29, 1.82) is 0 Å². The van der Waals surface area contributed by atoms with Crippen LogP contribution >= 0.6 is 22.9 Å². The van der Waals surface area contributed by atoms with Crippen LogP contribution < -0.4 is 9.64 Å². The van der Waals surface area contributed by atoms with E-state index in [1.165, 1.54) is 0 Å². The van der Waals surface area contributed by atoms with Crippen molar-refractivity contribution in [2.45, 2.75) is 19.8 Å². The van der Waals surface area contributed by atoms with Crippen LogP contribution in [-0.4, -0.2) is 48.6 Å². The molecule has 0 aliphatic carbocycles. The zero-order chi connectivity index (χ0) is 20.2. The second kappa shape index (κ2) is 9.01. The van der Waals surface area contributed by atoms with Gasteiger partial charge in [-0.25, -0.2) is 4.98 Å². The summed E-state index contributed by atoms with van der Waals surface area (Å²) in [5.74, 6) is 0.886. The van der Waals surface area contributed by atoms with Gasteiger partial charge in [-0.2, -0.15) is 0 Å². The van der Waals surface area contributed by atoms with Crippen LogP contribution in [0.5, 0.6) is 5.75 Å². The number of hydrogen-bond acceptors (Lipinski definition) is 5. The van der Waals surface area contributed by atoms with E-state index < -0.39 is 0 Å². The number of hydrogen-bond donors (Lipinski definition) is 0. The van der Waals surface area contributed by atoms with Crippen LogP contribution in [0.25, 0.3) is 10.2 Å². The van der Waals surface area contributed by atoms with Crippen LogP contribution in [-0.2, 0) is 0 Å². The maximum absolute atomic E-state index is 12.8. The number of halogens is 1. The third-order valence-electron chi connectivity index (χ3n) is 5.04. The smallest absolute Gasteiger partial charge is 0.253 e. The Labute approximate surface area is 179 Å². The standard InChI is InChI=1S/C22H24ClN3O2S/c1-2-3-14-28-18-7-4-16(5-8-18)21(27)25-10-12-26(13-11-25)22-24-19-9-6-17(23)15-20(19)29-22/h4-9,15H,2-3,10-14H2,1H3. The lowest BCUT2D eigenvalue weighted by atomic mass is 10.1. The van der Waals surface area contributed by atoms with Gasteiger partial charge in [-0.1, -0.05) is 36.3 Å². The second-order valence-corrected chi connectivity index (χ2v) is 8.56. The van der Waals surface area contributed by atoms with Crippen molar-refractivity contribution >= 4 is 44.2 Å². The minimum absolute atomic E-state index is 0.0702. The Balaban J connectivity index is 1.35. The lowest BCUT2D eigenvalue weighted by Crippen LogP contribution is -2.48. The van der Waals surface area contributed by atoms with Crippen LogP contribution in [0, 0.1) is 0 Å². The molecular weight excluding hydrogens is 406 g/mol. The molecule has 1 saturated heterocycles. The van der Waals surface area contributed by atoms with E-state index in [2.05, 4.69) is 11.8 Å². The zero-order valence-electron chi connectivity index (χ0n) is 16.4. The molecule has 4 rings (SSSR count). The fraction of sp³-hybridized carbons (Fsp3) is 0.364. The molecule has 1 aliphatic rings. The molecule has 0 N–H and O–H groups in total. The zero-order valence-corrected chi connectivity index (χ0v) is 18.0. The van der Waals surface area contributed by atoms with Gasteiger partial charge in [-0.3, -0.25) is 4.79 Å². The Bertz CT molecular complexity index is 981. The number of unbranched alkanes of at least 4 members (excludes halogenated alkanes) is 1. The Kier molecular flexibility index (Phi) is 6.21. The number of carbonyl (C=O) groups excluding carboxylic acids is 1. The van der Waals surface area contributed by atoms with Crippen molar-refractivity contribution in [3.8, 4) is 5.75 Å². The highest BCUT2D eigenvalue weighted by Crippen LogP contribution is 2.31. The molecule has 2 aromatic carbocycles. The predicted octanol–water partition coefficient (Wildman–Crippen LogP) is 5.09. The molecule has 0 radical (unpaired) electrons. The first-order valence-electron chi connectivity index (χ1n) is 9.97. The Morgan fingerprint density at radius 3 is 2.62 bits per heavy atom. The van der Waals surface area contributed by atoms with E-state index in [0.29, 0.717) is 25.3 Å². The molecule has 152 valence electrons. The quantitative estimate of drug-likeness (QED) is 0.512. The van der Waals surface area contributed by atoms with E-state index in [1.54, 1.807) is 11.3 Å². The SMILES string of the molecule is CCCCOc1ccc(C(=O)N2CCN(c3nc4ccc(Cl)cc4s3)CC2)cc1. The number of fused-ring (bicyclic) bond motifs is 1. The lowest BCUT2D eigenvalue weighted by molar-refractivity contribution is 0.0746. The topological polar surface area (TPSA) is 45.7 Å². The van der Waals surface area contributed by atoms with E-state index in [1.807, 2.05) is 47.4 Å². The van der Waals surface area contributed by atoms with Gasteiger partial charge in [-0.05, 0) is 48.9 Å². The summed E-state index contributed by atoms with van der Waals surface area (Å²) in [6.07, 6.45) is 2.14. The first kappa shape index (κ1) is 20.0. The minimum Gasteiger partial charge on any atom is -0.494 e. The molecule has 3 aromatic rings. The Hall–Kier alpha value is -2.31. The van der Waals surface area contributed by atoms with Crippen LogP contribution in [0.15, 0.2) is 42.5 Å². The number of anilines is 1. The summed E-state index contributed by atoms with van der Waals surface area (Å²) in [4.78, 5) is 21.7. The normalized spacial score (nSPS) is 14.4. The Morgan fingerprint density at radius 1 is 1.14 bits per heavy atom. The van der Waals surface area contributed by atoms with Gasteiger partial charge in [0, 0.05) is 36.8 Å². The third-order valence-corrected chi connectivity index (χ3v) is 6.36. The molecule has 0 bridgehead atoms. The number of aromatic nitrogens is 1. The first-order valence-corrected chi connectivity index (χ1v) is 11.2. The predicted molar refractivity (Wildman–Crippen MR) is 120 cm³/mol. The summed E-state index contributed by atoms with van der Waals surface area (Å²) in [5, 5.41) is 1.72. The highest BCUT2D eigenvalue weighted by atomic mass is 35.5. The minimum atomic E-state index is 0.0702. The largest absolute Gasteiger partial charge is 0.494 e. The number of benzene rings is 2. The molecule has 2 heterocycles. The summed E-state index contributed by atoms with van der Waals surface area (Å²) >= 11 is 7.73. The van der Waals surface area contributed by atoms with Crippen molar-refractivity contribution in [2.24, 2.45) is 0 Å². The Morgan fingerprint density at radius 2 is 1.90 bits per heavy atom. The molecule has 1 aliphatic heterocycles. The molecule has 1 fully saturated rings. The fourth-order valence-corrected chi connectivity index (χ4v) is 4.63. The molecule has 0 saturated carbocycles. The summed E-state index contributed by atoms with van der Waals surface area (Å²) < 4.78 is 6.77. The maximum Gasteiger partial charge on any atom is 0.253 e. The number of amides is 1. The number of thiazole rings is 1. The van der Waals surface area contributed by atoms with Gasteiger partial charge in [-0.15, -0.1) is 0 Å². The summed E-state index contributed by atoms with van der Waals surface area (Å²) in [6, 6.07) is 13.2. The van der Waals surface area contributed by atoms with Gasteiger partial charge < -0.3 is 14.5 Å². The first-order chi connectivity index (χ1) is 14.1. The van der Waals surface area contributed by atoms with Gasteiger partial charge in [0.2, 0.25) is 0 Å². The van der Waals surface area contributed by atoms with E-state index in [9.17, 15) is 4.79 Å². The molecule has 0 unspecified atom stereocenters. The molecular formula is C22H24ClN3O2S. The van der Waals surface area contributed by atoms with Gasteiger partial charge >= 0.3 is 0 Å². The molecule has 5 nitrogen and oxygen atoms in total. The number of rotatable bonds is 6. The van der Waals surface area contributed by atoms with Gasteiger partial charge in [0.1, 0.15) is 5.75 Å². The fourth-order valence-electron chi connectivity index (χ4n) is 3.33. The summed E-state index contributed by atoms with van der Waals surface area (Å²) in [7, 11) is 0.